The second kappa shape index (κ2) is 2.28. The van der Waals surface area contributed by atoms with Gasteiger partial charge in [-0.15, -0.1) is 0 Å². The van der Waals surface area contributed by atoms with Gasteiger partial charge in [-0.2, -0.15) is 9.49 Å². The monoisotopic (exact) mass is 143 g/mol. The van der Waals surface area contributed by atoms with Gasteiger partial charge in [-0.3, -0.25) is 0 Å². The molecule has 0 spiro atoms. The molecule has 4 heteroatoms. The molecule has 0 amide bonds. The molecular weight excluding hydrogens is 133 g/mol. The summed E-state index contributed by atoms with van der Waals surface area (Å²) in [6, 6.07) is 0.0253. The summed E-state index contributed by atoms with van der Waals surface area (Å²) in [6.45, 7) is 3.69. The Morgan fingerprint density at radius 2 is 2.30 bits per heavy atom. The third kappa shape index (κ3) is 0.964. The molecule has 1 aromatic rings. The molecule has 1 heterocycles. The molecule has 0 saturated carbocycles. The van der Waals surface area contributed by atoms with Crippen molar-refractivity contribution in [3.8, 4) is 0 Å². The number of nitrogens with zero attached hydrogens (tertiary/aromatic N) is 2. The molecule has 0 fully saturated rings. The summed E-state index contributed by atoms with van der Waals surface area (Å²) in [5.74, 6) is -0.449. The lowest BCUT2D eigenvalue weighted by Crippen LogP contribution is -2.05. The van der Waals surface area contributed by atoms with Crippen molar-refractivity contribution in [2.24, 2.45) is 0 Å². The smallest absolute Gasteiger partial charge is 0.234 e. The highest BCUT2D eigenvalue weighted by atomic mass is 19.1. The Labute approximate surface area is 58.6 Å². The third-order valence-electron chi connectivity index (χ3n) is 1.25. The third-order valence-corrected chi connectivity index (χ3v) is 1.25. The number of hydrogen-bond acceptors (Lipinski definition) is 2. The molecule has 0 aliphatic carbocycles. The maximum atomic E-state index is 12.8. The van der Waals surface area contributed by atoms with Crippen molar-refractivity contribution in [2.75, 3.05) is 5.73 Å². The molecule has 0 saturated heterocycles. The largest absolute Gasteiger partial charge is 0.394 e. The van der Waals surface area contributed by atoms with Gasteiger partial charge in [-0.05, 0) is 13.8 Å². The van der Waals surface area contributed by atoms with Crippen molar-refractivity contribution in [3.63, 3.8) is 0 Å². The van der Waals surface area contributed by atoms with Gasteiger partial charge in [-0.25, -0.2) is 4.68 Å². The van der Waals surface area contributed by atoms with Gasteiger partial charge in [0.1, 0.15) is 5.69 Å². The normalized spacial score (nSPS) is 10.8. The van der Waals surface area contributed by atoms with Crippen LogP contribution in [0.5, 0.6) is 0 Å². The Morgan fingerprint density at radius 3 is 2.50 bits per heavy atom. The fourth-order valence-corrected chi connectivity index (χ4v) is 0.721. The first-order valence-corrected chi connectivity index (χ1v) is 3.11. The predicted octanol–water partition coefficient (Wildman–Crippen LogP) is 1.19. The predicted molar refractivity (Wildman–Crippen MR) is 37.0 cm³/mol. The molecule has 0 aromatic carbocycles. The van der Waals surface area contributed by atoms with E-state index in [0.29, 0.717) is 0 Å². The highest BCUT2D eigenvalue weighted by Crippen LogP contribution is 2.12. The van der Waals surface area contributed by atoms with Crippen molar-refractivity contribution >= 4 is 5.69 Å². The fraction of sp³-hybridized carbons (Fsp3) is 0.500. The molecule has 56 valence electrons. The first-order chi connectivity index (χ1) is 4.63. The minimum atomic E-state index is -0.449. The van der Waals surface area contributed by atoms with Crippen molar-refractivity contribution in [1.82, 2.24) is 9.78 Å². The van der Waals surface area contributed by atoms with Crippen LogP contribution in [0.3, 0.4) is 0 Å². The molecule has 0 unspecified atom stereocenters. The van der Waals surface area contributed by atoms with E-state index in [4.69, 9.17) is 5.73 Å². The number of nitrogens with two attached hydrogens (primary N) is 1. The number of nitrogen functional groups attached to an aromatic ring is 1. The van der Waals surface area contributed by atoms with Crippen LogP contribution < -0.4 is 5.73 Å². The average molecular weight is 143 g/mol. The Hall–Kier alpha value is -1.06. The van der Waals surface area contributed by atoms with Crippen LogP contribution in [0.15, 0.2) is 6.20 Å². The van der Waals surface area contributed by atoms with E-state index in [9.17, 15) is 4.39 Å². The molecule has 0 aliphatic heterocycles. The Kier molecular flexibility index (Phi) is 1.61. The van der Waals surface area contributed by atoms with E-state index in [1.807, 2.05) is 13.8 Å². The summed E-state index contributed by atoms with van der Waals surface area (Å²) < 4.78 is 14.0. The second-order valence-electron chi connectivity index (χ2n) is 2.43. The van der Waals surface area contributed by atoms with E-state index >= 15 is 0 Å². The highest BCUT2D eigenvalue weighted by molar-refractivity contribution is 5.32. The molecule has 1 aromatic heterocycles. The molecule has 0 atom stereocenters. The minimum Gasteiger partial charge on any atom is -0.394 e. The van der Waals surface area contributed by atoms with E-state index < -0.39 is 5.95 Å². The number of anilines is 1. The van der Waals surface area contributed by atoms with E-state index in [1.54, 1.807) is 0 Å². The van der Waals surface area contributed by atoms with Crippen molar-refractivity contribution in [3.05, 3.63) is 12.1 Å². The van der Waals surface area contributed by atoms with E-state index in [1.165, 1.54) is 10.9 Å². The maximum Gasteiger partial charge on any atom is 0.234 e. The Morgan fingerprint density at radius 1 is 1.70 bits per heavy atom. The number of aromatic nitrogens is 2. The summed E-state index contributed by atoms with van der Waals surface area (Å²) >= 11 is 0. The molecule has 0 bridgehead atoms. The topological polar surface area (TPSA) is 43.8 Å². The van der Waals surface area contributed by atoms with Gasteiger partial charge in [0.25, 0.3) is 0 Å². The van der Waals surface area contributed by atoms with Gasteiger partial charge in [0.2, 0.25) is 5.95 Å². The van der Waals surface area contributed by atoms with Crippen molar-refractivity contribution < 1.29 is 4.39 Å². The lowest BCUT2D eigenvalue weighted by atomic mass is 10.4. The van der Waals surface area contributed by atoms with Crippen LogP contribution >= 0.6 is 0 Å². The first-order valence-electron chi connectivity index (χ1n) is 3.11. The summed E-state index contributed by atoms with van der Waals surface area (Å²) in [5.41, 5.74) is 5.33. The van der Waals surface area contributed by atoms with Gasteiger partial charge in [0.15, 0.2) is 0 Å². The molecular formula is C6H10FN3. The zero-order valence-corrected chi connectivity index (χ0v) is 6.00. The maximum absolute atomic E-state index is 12.8. The van der Waals surface area contributed by atoms with Crippen LogP contribution in [0.2, 0.25) is 0 Å². The molecule has 3 nitrogen and oxygen atoms in total. The first kappa shape index (κ1) is 7.05. The van der Waals surface area contributed by atoms with Crippen LogP contribution in [0.1, 0.15) is 19.9 Å². The summed E-state index contributed by atoms with van der Waals surface area (Å²) in [7, 11) is 0. The summed E-state index contributed by atoms with van der Waals surface area (Å²) in [5, 5.41) is 3.73. The Bertz CT molecular complexity index is 229. The zero-order valence-electron chi connectivity index (χ0n) is 6.00. The number of halogens is 1. The SMILES string of the molecule is CC(C)n1ncc(N)c1F. The lowest BCUT2D eigenvalue weighted by Gasteiger charge is -2.04. The summed E-state index contributed by atoms with van der Waals surface area (Å²) in [6.07, 6.45) is 1.31. The van der Waals surface area contributed by atoms with E-state index in [-0.39, 0.29) is 11.7 Å². The van der Waals surface area contributed by atoms with Gasteiger partial charge in [-0.1, -0.05) is 0 Å². The highest BCUT2D eigenvalue weighted by Gasteiger charge is 2.08. The van der Waals surface area contributed by atoms with Gasteiger partial charge in [0, 0.05) is 6.04 Å². The summed E-state index contributed by atoms with van der Waals surface area (Å²) in [4.78, 5) is 0. The average Bonchev–Trinajstić information content (AvgIpc) is 2.14. The van der Waals surface area contributed by atoms with Crippen LogP contribution in [0.4, 0.5) is 10.1 Å². The van der Waals surface area contributed by atoms with Crippen molar-refractivity contribution in [1.29, 1.82) is 0 Å². The van der Waals surface area contributed by atoms with Crippen LogP contribution in [-0.2, 0) is 0 Å². The van der Waals surface area contributed by atoms with E-state index in [2.05, 4.69) is 5.10 Å². The van der Waals surface area contributed by atoms with Crippen LogP contribution in [0.25, 0.3) is 0 Å². The van der Waals surface area contributed by atoms with Gasteiger partial charge in [0.05, 0.1) is 6.20 Å². The van der Waals surface area contributed by atoms with Gasteiger partial charge < -0.3 is 5.73 Å². The molecule has 1 rings (SSSR count). The van der Waals surface area contributed by atoms with Gasteiger partial charge >= 0.3 is 0 Å². The van der Waals surface area contributed by atoms with E-state index in [0.717, 1.165) is 0 Å². The van der Waals surface area contributed by atoms with Crippen LogP contribution in [-0.4, -0.2) is 9.78 Å². The molecule has 10 heavy (non-hydrogen) atoms. The zero-order chi connectivity index (χ0) is 7.72. The Balaban J connectivity index is 3.05. The van der Waals surface area contributed by atoms with Crippen LogP contribution in [0, 0.1) is 5.95 Å². The fourth-order valence-electron chi connectivity index (χ4n) is 0.721. The molecule has 0 radical (unpaired) electrons. The number of hydrogen-bond donors (Lipinski definition) is 1. The molecule has 0 aliphatic rings. The second-order valence-corrected chi connectivity index (χ2v) is 2.43. The quantitative estimate of drug-likeness (QED) is 0.641. The standard InChI is InChI=1S/C6H10FN3/c1-4(2)10-6(7)5(8)3-9-10/h3-4H,8H2,1-2H3. The minimum absolute atomic E-state index is 0.0253. The number of rotatable bonds is 1. The van der Waals surface area contributed by atoms with Crippen molar-refractivity contribution in [2.45, 2.75) is 19.9 Å². The lowest BCUT2D eigenvalue weighted by molar-refractivity contribution is 0.417. The molecule has 2 N–H and O–H groups in total.